The summed E-state index contributed by atoms with van der Waals surface area (Å²) in [5.74, 6) is -2.04. The summed E-state index contributed by atoms with van der Waals surface area (Å²) in [6, 6.07) is 8.98. The van der Waals surface area contributed by atoms with E-state index in [0.717, 1.165) is 6.07 Å². The highest BCUT2D eigenvalue weighted by atomic mass is 19.1. The molecule has 118 valence electrons. The van der Waals surface area contributed by atoms with Gasteiger partial charge in [0, 0.05) is 23.5 Å². The normalized spacial score (nSPS) is 10.9. The van der Waals surface area contributed by atoms with Crippen molar-refractivity contribution in [1.29, 1.82) is 0 Å². The predicted molar refractivity (Wildman–Crippen MR) is 80.7 cm³/mol. The molecular weight excluding hydrogens is 305 g/mol. The van der Waals surface area contributed by atoms with Crippen LogP contribution in [0, 0.1) is 17.5 Å². The van der Waals surface area contributed by atoms with Gasteiger partial charge in [0.1, 0.15) is 23.1 Å². The summed E-state index contributed by atoms with van der Waals surface area (Å²) in [6.07, 6.45) is 0.301. The van der Waals surface area contributed by atoms with E-state index in [1.165, 1.54) is 24.3 Å². The molecule has 3 rings (SSSR count). The van der Waals surface area contributed by atoms with Crippen LogP contribution in [0.3, 0.4) is 0 Å². The first kappa shape index (κ1) is 15.1. The summed E-state index contributed by atoms with van der Waals surface area (Å²) in [5.41, 5.74) is 1.42. The van der Waals surface area contributed by atoms with E-state index in [1.807, 2.05) is 0 Å². The minimum atomic E-state index is -0.649. The number of hydrogen-bond acceptors (Lipinski definition) is 1. The van der Waals surface area contributed by atoms with Gasteiger partial charge in [-0.2, -0.15) is 0 Å². The van der Waals surface area contributed by atoms with E-state index >= 15 is 0 Å². The lowest BCUT2D eigenvalue weighted by molar-refractivity contribution is 0.0950. The molecule has 0 bridgehead atoms. The Morgan fingerprint density at radius 2 is 1.70 bits per heavy atom. The maximum atomic E-state index is 13.1. The third kappa shape index (κ3) is 3.53. The second kappa shape index (κ2) is 6.16. The molecule has 0 radical (unpaired) electrons. The molecule has 0 spiro atoms. The Balaban J connectivity index is 1.64. The van der Waals surface area contributed by atoms with Gasteiger partial charge in [-0.15, -0.1) is 0 Å². The Kier molecular flexibility index (Phi) is 4.06. The van der Waals surface area contributed by atoms with Crippen LogP contribution < -0.4 is 5.32 Å². The monoisotopic (exact) mass is 318 g/mol. The molecule has 0 unspecified atom stereocenters. The van der Waals surface area contributed by atoms with Crippen molar-refractivity contribution in [3.63, 3.8) is 0 Å². The average Bonchev–Trinajstić information content (AvgIpc) is 2.89. The molecule has 1 amide bonds. The van der Waals surface area contributed by atoms with Gasteiger partial charge in [0.15, 0.2) is 0 Å². The molecule has 0 aliphatic carbocycles. The van der Waals surface area contributed by atoms with E-state index < -0.39 is 11.6 Å². The molecule has 2 aromatic carbocycles. The van der Waals surface area contributed by atoms with Crippen LogP contribution in [0.5, 0.6) is 0 Å². The highest BCUT2D eigenvalue weighted by molar-refractivity contribution is 5.97. The fourth-order valence-electron chi connectivity index (χ4n) is 2.40. The van der Waals surface area contributed by atoms with Crippen molar-refractivity contribution in [3.05, 3.63) is 71.2 Å². The van der Waals surface area contributed by atoms with Crippen molar-refractivity contribution >= 4 is 16.8 Å². The Labute approximate surface area is 130 Å². The summed E-state index contributed by atoms with van der Waals surface area (Å²) in [6.45, 7) is 0.228. The number of hydrogen-bond donors (Lipinski definition) is 2. The van der Waals surface area contributed by atoms with Crippen molar-refractivity contribution in [1.82, 2.24) is 10.3 Å². The number of H-pyrrole nitrogens is 1. The van der Waals surface area contributed by atoms with E-state index in [9.17, 15) is 18.0 Å². The predicted octanol–water partition coefficient (Wildman–Crippen LogP) is 3.56. The lowest BCUT2D eigenvalue weighted by Crippen LogP contribution is -2.26. The van der Waals surface area contributed by atoms with E-state index in [0.29, 0.717) is 28.6 Å². The first-order valence-electron chi connectivity index (χ1n) is 7.03. The smallest absolute Gasteiger partial charge is 0.267 e. The molecule has 0 atom stereocenters. The van der Waals surface area contributed by atoms with E-state index in [2.05, 4.69) is 10.3 Å². The number of benzene rings is 2. The molecule has 0 aliphatic heterocycles. The first-order chi connectivity index (χ1) is 11.0. The van der Waals surface area contributed by atoms with Crippen molar-refractivity contribution in [2.45, 2.75) is 6.42 Å². The fraction of sp³-hybridized carbons (Fsp3) is 0.118. The Morgan fingerprint density at radius 1 is 0.957 bits per heavy atom. The first-order valence-corrected chi connectivity index (χ1v) is 7.03. The Hall–Kier alpha value is -2.76. The summed E-state index contributed by atoms with van der Waals surface area (Å²) < 4.78 is 39.3. The van der Waals surface area contributed by atoms with Gasteiger partial charge < -0.3 is 10.3 Å². The van der Waals surface area contributed by atoms with Crippen molar-refractivity contribution < 1.29 is 18.0 Å². The van der Waals surface area contributed by atoms with Gasteiger partial charge in [-0.25, -0.2) is 13.2 Å². The van der Waals surface area contributed by atoms with Crippen LogP contribution in [-0.2, 0) is 6.42 Å². The second-order valence-electron chi connectivity index (χ2n) is 5.20. The second-order valence-corrected chi connectivity index (χ2v) is 5.20. The number of amides is 1. The number of carbonyl (C=O) groups is 1. The highest BCUT2D eigenvalue weighted by Gasteiger charge is 2.10. The summed E-state index contributed by atoms with van der Waals surface area (Å²) in [5, 5.41) is 3.25. The van der Waals surface area contributed by atoms with Gasteiger partial charge in [-0.05, 0) is 48.4 Å². The quantitative estimate of drug-likeness (QED) is 0.759. The van der Waals surface area contributed by atoms with E-state index in [4.69, 9.17) is 0 Å². The van der Waals surface area contributed by atoms with Crippen LogP contribution in [0.4, 0.5) is 13.2 Å². The maximum absolute atomic E-state index is 13.1. The van der Waals surface area contributed by atoms with Gasteiger partial charge in [-0.1, -0.05) is 0 Å². The maximum Gasteiger partial charge on any atom is 0.267 e. The molecule has 0 fully saturated rings. The molecule has 0 saturated heterocycles. The molecule has 3 nitrogen and oxygen atoms in total. The molecule has 1 heterocycles. The zero-order valence-corrected chi connectivity index (χ0v) is 12.0. The number of halogens is 3. The SMILES string of the molecule is O=C(NCCc1cc(F)cc(F)c1)c1cc2cc(F)ccc2[nH]1. The van der Waals surface area contributed by atoms with Crippen molar-refractivity contribution in [2.75, 3.05) is 6.54 Å². The van der Waals surface area contributed by atoms with E-state index in [1.54, 1.807) is 12.1 Å². The number of aromatic amines is 1. The van der Waals surface area contributed by atoms with Crippen LogP contribution in [-0.4, -0.2) is 17.4 Å². The van der Waals surface area contributed by atoms with Crippen molar-refractivity contribution in [2.24, 2.45) is 0 Å². The molecule has 6 heteroatoms. The topological polar surface area (TPSA) is 44.9 Å². The number of rotatable bonds is 4. The zero-order chi connectivity index (χ0) is 16.4. The highest BCUT2D eigenvalue weighted by Crippen LogP contribution is 2.16. The number of nitrogens with one attached hydrogen (secondary N) is 2. The molecule has 0 saturated carbocycles. The minimum absolute atomic E-state index is 0.228. The molecule has 2 N–H and O–H groups in total. The average molecular weight is 318 g/mol. The van der Waals surface area contributed by atoms with Crippen molar-refractivity contribution in [3.8, 4) is 0 Å². The molecule has 1 aromatic heterocycles. The van der Waals surface area contributed by atoms with Crippen LogP contribution in [0.15, 0.2) is 42.5 Å². The Morgan fingerprint density at radius 3 is 2.43 bits per heavy atom. The van der Waals surface area contributed by atoms with Crippen LogP contribution in [0.2, 0.25) is 0 Å². The lowest BCUT2D eigenvalue weighted by atomic mass is 10.1. The number of carbonyl (C=O) groups excluding carboxylic acids is 1. The van der Waals surface area contributed by atoms with Gasteiger partial charge in [-0.3, -0.25) is 4.79 Å². The molecule has 23 heavy (non-hydrogen) atoms. The number of aromatic nitrogens is 1. The fourth-order valence-corrected chi connectivity index (χ4v) is 2.40. The minimum Gasteiger partial charge on any atom is -0.351 e. The third-order valence-electron chi connectivity index (χ3n) is 3.45. The van der Waals surface area contributed by atoms with E-state index in [-0.39, 0.29) is 18.3 Å². The standard InChI is InChI=1S/C17H13F3N2O/c18-12-1-2-15-11(7-12)8-16(22-15)17(23)21-4-3-10-5-13(19)9-14(20)6-10/h1-2,5-9,22H,3-4H2,(H,21,23). The zero-order valence-electron chi connectivity index (χ0n) is 12.0. The van der Waals surface area contributed by atoms with Gasteiger partial charge >= 0.3 is 0 Å². The van der Waals surface area contributed by atoms with Gasteiger partial charge in [0.25, 0.3) is 5.91 Å². The largest absolute Gasteiger partial charge is 0.351 e. The summed E-state index contributed by atoms with van der Waals surface area (Å²) >= 11 is 0. The van der Waals surface area contributed by atoms with Gasteiger partial charge in [0.2, 0.25) is 0 Å². The third-order valence-corrected chi connectivity index (χ3v) is 3.45. The molecular formula is C17H13F3N2O. The van der Waals surface area contributed by atoms with Crippen LogP contribution in [0.1, 0.15) is 16.1 Å². The molecule has 3 aromatic rings. The lowest BCUT2D eigenvalue weighted by Gasteiger charge is -2.04. The Bertz CT molecular complexity index is 853. The summed E-state index contributed by atoms with van der Waals surface area (Å²) in [4.78, 5) is 14.9. The van der Waals surface area contributed by atoms with Gasteiger partial charge in [0.05, 0.1) is 0 Å². The summed E-state index contributed by atoms with van der Waals surface area (Å²) in [7, 11) is 0. The number of fused-ring (bicyclic) bond motifs is 1. The van der Waals surface area contributed by atoms with Crippen LogP contribution >= 0.6 is 0 Å². The van der Waals surface area contributed by atoms with Crippen LogP contribution in [0.25, 0.3) is 10.9 Å². The molecule has 0 aliphatic rings.